The number of thioether (sulfide) groups is 1. The molecule has 5 nitrogen and oxygen atoms in total. The molecule has 0 radical (unpaired) electrons. The molecule has 1 aliphatic rings. The van der Waals surface area contributed by atoms with Crippen molar-refractivity contribution in [3.05, 3.63) is 58.5 Å². The highest BCUT2D eigenvalue weighted by atomic mass is 32.2. The Bertz CT molecular complexity index is 762. The van der Waals surface area contributed by atoms with Crippen molar-refractivity contribution in [3.63, 3.8) is 0 Å². The molecule has 1 aliphatic heterocycles. The molecule has 25 heavy (non-hydrogen) atoms. The number of aromatic amines is 1. The van der Waals surface area contributed by atoms with E-state index in [9.17, 15) is 9.59 Å². The molecular formula is C19H23N3O2S. The Morgan fingerprint density at radius 3 is 2.76 bits per heavy atom. The first-order chi connectivity index (χ1) is 12.1. The van der Waals surface area contributed by atoms with Crippen molar-refractivity contribution in [1.29, 1.82) is 0 Å². The van der Waals surface area contributed by atoms with Gasteiger partial charge in [-0.3, -0.25) is 4.79 Å². The van der Waals surface area contributed by atoms with Gasteiger partial charge in [0, 0.05) is 35.9 Å². The number of piperidine rings is 1. The largest absolute Gasteiger partial charge is 0.329 e. The number of urea groups is 1. The van der Waals surface area contributed by atoms with Crippen LogP contribution in [0.15, 0.2) is 52.3 Å². The molecule has 0 spiro atoms. The van der Waals surface area contributed by atoms with Gasteiger partial charge < -0.3 is 15.2 Å². The van der Waals surface area contributed by atoms with E-state index in [2.05, 4.69) is 10.3 Å². The molecular weight excluding hydrogens is 334 g/mol. The lowest BCUT2D eigenvalue weighted by Gasteiger charge is -2.32. The molecule has 0 atom stereocenters. The third kappa shape index (κ3) is 4.89. The van der Waals surface area contributed by atoms with E-state index < -0.39 is 0 Å². The fourth-order valence-electron chi connectivity index (χ4n) is 3.15. The van der Waals surface area contributed by atoms with E-state index in [0.29, 0.717) is 5.92 Å². The number of likely N-dealkylation sites (tertiary alicyclic amines) is 1. The number of nitrogens with one attached hydrogen (secondary N) is 2. The molecule has 0 unspecified atom stereocenters. The van der Waals surface area contributed by atoms with Gasteiger partial charge in [-0.25, -0.2) is 4.79 Å². The van der Waals surface area contributed by atoms with Crippen molar-refractivity contribution < 1.29 is 4.79 Å². The summed E-state index contributed by atoms with van der Waals surface area (Å²) < 4.78 is 0. The van der Waals surface area contributed by atoms with Gasteiger partial charge in [0.1, 0.15) is 0 Å². The molecule has 0 saturated carbocycles. The number of amides is 2. The average Bonchev–Trinajstić information content (AvgIpc) is 2.64. The zero-order valence-corrected chi connectivity index (χ0v) is 15.1. The first-order valence-electron chi connectivity index (χ1n) is 8.51. The number of carbonyl (C=O) groups excluding carboxylic acids is 1. The van der Waals surface area contributed by atoms with Gasteiger partial charge >= 0.3 is 6.03 Å². The van der Waals surface area contributed by atoms with Crippen LogP contribution >= 0.6 is 11.8 Å². The molecule has 2 N–H and O–H groups in total. The quantitative estimate of drug-likeness (QED) is 0.822. The number of rotatable bonds is 4. The lowest BCUT2D eigenvalue weighted by molar-refractivity contribution is 0.182. The van der Waals surface area contributed by atoms with E-state index in [1.54, 1.807) is 24.0 Å². The monoisotopic (exact) mass is 357 g/mol. The predicted molar refractivity (Wildman–Crippen MR) is 102 cm³/mol. The molecule has 2 aromatic rings. The normalized spacial score (nSPS) is 15.2. The first kappa shape index (κ1) is 17.6. The topological polar surface area (TPSA) is 65.2 Å². The van der Waals surface area contributed by atoms with Crippen LogP contribution in [0.5, 0.6) is 0 Å². The van der Waals surface area contributed by atoms with E-state index in [1.165, 1.54) is 0 Å². The summed E-state index contributed by atoms with van der Waals surface area (Å²) in [5, 5.41) is 2.99. The summed E-state index contributed by atoms with van der Waals surface area (Å²) in [6.45, 7) is 1.53. The molecule has 3 rings (SSSR count). The molecule has 1 saturated heterocycles. The third-order valence-corrected chi connectivity index (χ3v) is 5.32. The van der Waals surface area contributed by atoms with Gasteiger partial charge in [-0.1, -0.05) is 12.1 Å². The summed E-state index contributed by atoms with van der Waals surface area (Å²) in [5.41, 5.74) is 1.92. The van der Waals surface area contributed by atoms with Crippen LogP contribution in [0.3, 0.4) is 0 Å². The van der Waals surface area contributed by atoms with Crippen LogP contribution in [0.4, 0.5) is 10.5 Å². The Morgan fingerprint density at radius 2 is 2.08 bits per heavy atom. The highest BCUT2D eigenvalue weighted by Crippen LogP contribution is 2.23. The SMILES string of the molecule is CSc1cccc(NC(=O)N2CCC(Cc3ccc(=O)[nH]c3)CC2)c1. The van der Waals surface area contributed by atoms with Crippen LogP contribution in [0.1, 0.15) is 18.4 Å². The van der Waals surface area contributed by atoms with Gasteiger partial charge in [-0.2, -0.15) is 0 Å². The van der Waals surface area contributed by atoms with Crippen LogP contribution < -0.4 is 10.9 Å². The molecule has 1 fully saturated rings. The Balaban J connectivity index is 1.50. The minimum atomic E-state index is -0.0687. The number of anilines is 1. The summed E-state index contributed by atoms with van der Waals surface area (Å²) in [7, 11) is 0. The number of hydrogen-bond donors (Lipinski definition) is 2. The molecule has 1 aromatic carbocycles. The summed E-state index contributed by atoms with van der Waals surface area (Å²) in [6, 6.07) is 11.3. The Labute approximate surface area is 151 Å². The van der Waals surface area contributed by atoms with Gasteiger partial charge in [0.25, 0.3) is 0 Å². The lowest BCUT2D eigenvalue weighted by Crippen LogP contribution is -2.41. The van der Waals surface area contributed by atoms with Gasteiger partial charge in [-0.05, 0) is 55.2 Å². The Kier molecular flexibility index (Phi) is 5.81. The van der Waals surface area contributed by atoms with Crippen molar-refractivity contribution in [2.75, 3.05) is 24.7 Å². The van der Waals surface area contributed by atoms with E-state index in [0.717, 1.165) is 48.5 Å². The number of hydrogen-bond acceptors (Lipinski definition) is 3. The van der Waals surface area contributed by atoms with Gasteiger partial charge in [0.05, 0.1) is 0 Å². The number of nitrogens with zero attached hydrogens (tertiary/aromatic N) is 1. The second kappa shape index (κ2) is 8.25. The molecule has 132 valence electrons. The lowest BCUT2D eigenvalue weighted by atomic mass is 9.91. The standard InChI is InChI=1S/C19H23N3O2S/c1-25-17-4-2-3-16(12-17)21-19(24)22-9-7-14(8-10-22)11-15-5-6-18(23)20-13-15/h2-6,12-14H,7-11H2,1H3,(H,20,23)(H,21,24). The van der Waals surface area contributed by atoms with Crippen LogP contribution in [-0.4, -0.2) is 35.3 Å². The molecule has 2 amide bonds. The van der Waals surface area contributed by atoms with Gasteiger partial charge in [-0.15, -0.1) is 11.8 Å². The van der Waals surface area contributed by atoms with Gasteiger partial charge in [0.2, 0.25) is 5.56 Å². The fourth-order valence-corrected chi connectivity index (χ4v) is 3.61. The Hall–Kier alpha value is -2.21. The summed E-state index contributed by atoms with van der Waals surface area (Å²) in [5.74, 6) is 0.551. The van der Waals surface area contributed by atoms with Crippen LogP contribution in [-0.2, 0) is 6.42 Å². The van der Waals surface area contributed by atoms with E-state index in [-0.39, 0.29) is 11.6 Å². The molecule has 1 aromatic heterocycles. The maximum atomic E-state index is 12.4. The summed E-state index contributed by atoms with van der Waals surface area (Å²) in [6.07, 6.45) is 6.73. The smallest absolute Gasteiger partial charge is 0.321 e. The molecule has 6 heteroatoms. The maximum absolute atomic E-state index is 12.4. The van der Waals surface area contributed by atoms with Crippen LogP contribution in [0.25, 0.3) is 0 Å². The summed E-state index contributed by atoms with van der Waals surface area (Å²) in [4.78, 5) is 29.3. The molecule has 0 bridgehead atoms. The zero-order valence-electron chi connectivity index (χ0n) is 14.3. The number of H-pyrrole nitrogens is 1. The summed E-state index contributed by atoms with van der Waals surface area (Å²) >= 11 is 1.66. The van der Waals surface area contributed by atoms with Crippen LogP contribution in [0, 0.1) is 5.92 Å². The number of pyridine rings is 1. The molecule has 2 heterocycles. The Morgan fingerprint density at radius 1 is 1.28 bits per heavy atom. The first-order valence-corrected chi connectivity index (χ1v) is 9.74. The zero-order chi connectivity index (χ0) is 17.6. The number of aromatic nitrogens is 1. The van der Waals surface area contributed by atoms with Gasteiger partial charge in [0.15, 0.2) is 0 Å². The second-order valence-electron chi connectivity index (χ2n) is 6.36. The highest BCUT2D eigenvalue weighted by molar-refractivity contribution is 7.98. The number of benzene rings is 1. The van der Waals surface area contributed by atoms with E-state index in [4.69, 9.17) is 0 Å². The van der Waals surface area contributed by atoms with E-state index >= 15 is 0 Å². The average molecular weight is 357 g/mol. The third-order valence-electron chi connectivity index (χ3n) is 4.60. The minimum absolute atomic E-state index is 0.0271. The number of carbonyl (C=O) groups is 1. The van der Waals surface area contributed by atoms with Crippen molar-refractivity contribution in [2.24, 2.45) is 5.92 Å². The fraction of sp³-hybridized carbons (Fsp3) is 0.368. The molecule has 0 aliphatic carbocycles. The van der Waals surface area contributed by atoms with E-state index in [1.807, 2.05) is 41.5 Å². The minimum Gasteiger partial charge on any atom is -0.329 e. The van der Waals surface area contributed by atoms with Crippen LogP contribution in [0.2, 0.25) is 0 Å². The predicted octanol–water partition coefficient (Wildman–Crippen LogP) is 3.58. The van der Waals surface area contributed by atoms with Crippen molar-refractivity contribution >= 4 is 23.5 Å². The maximum Gasteiger partial charge on any atom is 0.321 e. The second-order valence-corrected chi connectivity index (χ2v) is 7.24. The van der Waals surface area contributed by atoms with Crippen molar-refractivity contribution in [3.8, 4) is 0 Å². The van der Waals surface area contributed by atoms with Crippen molar-refractivity contribution in [2.45, 2.75) is 24.2 Å². The highest BCUT2D eigenvalue weighted by Gasteiger charge is 2.23. The van der Waals surface area contributed by atoms with Crippen molar-refractivity contribution in [1.82, 2.24) is 9.88 Å².